The van der Waals surface area contributed by atoms with Crippen LogP contribution < -0.4 is 19.5 Å². The number of benzene rings is 2. The first-order valence-electron chi connectivity index (χ1n) is 7.90. The molecule has 2 aromatic rings. The van der Waals surface area contributed by atoms with Crippen molar-refractivity contribution in [2.45, 2.75) is 13.0 Å². The lowest BCUT2D eigenvalue weighted by Gasteiger charge is -2.14. The summed E-state index contributed by atoms with van der Waals surface area (Å²) in [5.41, 5.74) is 0.508. The lowest BCUT2D eigenvalue weighted by molar-refractivity contribution is -0.155. The number of nitrogens with one attached hydrogen (secondary N) is 1. The van der Waals surface area contributed by atoms with Crippen LogP contribution >= 0.6 is 27.5 Å². The number of fused-ring (bicyclic) bond motifs is 1. The molecule has 2 aromatic carbocycles. The van der Waals surface area contributed by atoms with Crippen LogP contribution in [-0.4, -0.2) is 31.4 Å². The van der Waals surface area contributed by atoms with Crippen molar-refractivity contribution >= 4 is 45.1 Å². The molecule has 0 fully saturated rings. The standard InChI is InChI=1S/C18H15BrClNO6/c1-10(18(23)21-12-3-5-15-16(7-12)26-9-25-15)27-17(22)8-24-14-4-2-11(20)6-13(14)19/h2-7,10H,8-9H2,1H3,(H,21,23). The minimum Gasteiger partial charge on any atom is -0.481 e. The van der Waals surface area contributed by atoms with Gasteiger partial charge in [0.25, 0.3) is 5.91 Å². The van der Waals surface area contributed by atoms with E-state index in [1.54, 1.807) is 36.4 Å². The van der Waals surface area contributed by atoms with Gasteiger partial charge < -0.3 is 24.3 Å². The molecule has 0 radical (unpaired) electrons. The summed E-state index contributed by atoms with van der Waals surface area (Å²) in [6.07, 6.45) is -1.000. The number of rotatable bonds is 6. The summed E-state index contributed by atoms with van der Waals surface area (Å²) < 4.78 is 21.5. The lowest BCUT2D eigenvalue weighted by atomic mass is 10.2. The van der Waals surface area contributed by atoms with Gasteiger partial charge in [-0.2, -0.15) is 0 Å². The maximum absolute atomic E-state index is 12.2. The van der Waals surface area contributed by atoms with Crippen LogP contribution in [0.1, 0.15) is 6.92 Å². The van der Waals surface area contributed by atoms with Gasteiger partial charge in [-0.25, -0.2) is 4.79 Å². The fourth-order valence-electron chi connectivity index (χ4n) is 2.23. The third-order valence-corrected chi connectivity index (χ3v) is 4.41. The van der Waals surface area contributed by atoms with Gasteiger partial charge in [0.05, 0.1) is 4.47 Å². The molecule has 1 aliphatic rings. The molecule has 3 rings (SSSR count). The predicted octanol–water partition coefficient (Wildman–Crippen LogP) is 3.78. The highest BCUT2D eigenvalue weighted by molar-refractivity contribution is 9.10. The summed E-state index contributed by atoms with van der Waals surface area (Å²) in [7, 11) is 0. The molecule has 0 bridgehead atoms. The van der Waals surface area contributed by atoms with Crippen molar-refractivity contribution in [1.82, 2.24) is 0 Å². The Morgan fingerprint density at radius 1 is 1.22 bits per heavy atom. The number of amides is 1. The lowest BCUT2D eigenvalue weighted by Crippen LogP contribution is -2.31. The van der Waals surface area contributed by atoms with E-state index in [1.807, 2.05) is 0 Å². The first-order valence-corrected chi connectivity index (χ1v) is 9.07. The third kappa shape index (κ3) is 5.05. The normalized spacial score (nSPS) is 13.0. The molecule has 0 aliphatic carbocycles. The molecule has 1 N–H and O–H groups in total. The second-order valence-electron chi connectivity index (χ2n) is 5.55. The Balaban J connectivity index is 1.49. The van der Waals surface area contributed by atoms with E-state index in [0.717, 1.165) is 0 Å². The van der Waals surface area contributed by atoms with Crippen molar-refractivity contribution in [3.63, 3.8) is 0 Å². The van der Waals surface area contributed by atoms with Gasteiger partial charge in [-0.05, 0) is 53.2 Å². The maximum atomic E-state index is 12.2. The summed E-state index contributed by atoms with van der Waals surface area (Å²) in [4.78, 5) is 24.1. The molecule has 27 heavy (non-hydrogen) atoms. The number of anilines is 1. The zero-order chi connectivity index (χ0) is 19.4. The van der Waals surface area contributed by atoms with Crippen LogP contribution in [0.4, 0.5) is 5.69 Å². The quantitative estimate of drug-likeness (QED) is 0.666. The Kier molecular flexibility index (Phi) is 6.08. The van der Waals surface area contributed by atoms with Gasteiger partial charge in [0, 0.05) is 16.8 Å². The van der Waals surface area contributed by atoms with Gasteiger partial charge in [0.15, 0.2) is 24.2 Å². The number of carbonyl (C=O) groups excluding carboxylic acids is 2. The Morgan fingerprint density at radius 3 is 2.78 bits per heavy atom. The first-order chi connectivity index (χ1) is 12.9. The summed E-state index contributed by atoms with van der Waals surface area (Å²) in [5, 5.41) is 3.18. The number of halogens is 2. The van der Waals surface area contributed by atoms with Crippen molar-refractivity contribution in [3.05, 3.63) is 45.9 Å². The van der Waals surface area contributed by atoms with Crippen molar-refractivity contribution < 1.29 is 28.5 Å². The molecule has 9 heteroatoms. The number of hydrogen-bond acceptors (Lipinski definition) is 6. The van der Waals surface area contributed by atoms with Crippen LogP contribution in [0.3, 0.4) is 0 Å². The molecule has 7 nitrogen and oxygen atoms in total. The highest BCUT2D eigenvalue weighted by atomic mass is 79.9. The van der Waals surface area contributed by atoms with E-state index in [9.17, 15) is 9.59 Å². The van der Waals surface area contributed by atoms with E-state index in [-0.39, 0.29) is 13.4 Å². The zero-order valence-electron chi connectivity index (χ0n) is 14.2. The second-order valence-corrected chi connectivity index (χ2v) is 6.84. The summed E-state index contributed by atoms with van der Waals surface area (Å²) in [6, 6.07) is 9.89. The zero-order valence-corrected chi connectivity index (χ0v) is 16.5. The smallest absolute Gasteiger partial charge is 0.344 e. The monoisotopic (exact) mass is 455 g/mol. The number of hydrogen-bond donors (Lipinski definition) is 1. The Morgan fingerprint density at radius 2 is 2.00 bits per heavy atom. The first kappa shape index (κ1) is 19.3. The predicted molar refractivity (Wildman–Crippen MR) is 101 cm³/mol. The molecular formula is C18H15BrClNO6. The molecule has 1 aliphatic heterocycles. The van der Waals surface area contributed by atoms with Gasteiger partial charge in [-0.1, -0.05) is 11.6 Å². The van der Waals surface area contributed by atoms with Crippen molar-refractivity contribution in [3.8, 4) is 17.2 Å². The average Bonchev–Trinajstić information content (AvgIpc) is 3.08. The van der Waals surface area contributed by atoms with Crippen molar-refractivity contribution in [2.24, 2.45) is 0 Å². The molecule has 1 heterocycles. The molecule has 0 spiro atoms. The average molecular weight is 457 g/mol. The van der Waals surface area contributed by atoms with Gasteiger partial charge in [0.2, 0.25) is 6.79 Å². The van der Waals surface area contributed by atoms with Gasteiger partial charge in [-0.15, -0.1) is 0 Å². The second kappa shape index (κ2) is 8.49. The topological polar surface area (TPSA) is 83.1 Å². The number of carbonyl (C=O) groups is 2. The molecule has 0 aromatic heterocycles. The van der Waals surface area contributed by atoms with E-state index in [1.165, 1.54) is 6.92 Å². The van der Waals surface area contributed by atoms with Crippen LogP contribution in [0.5, 0.6) is 17.2 Å². The summed E-state index contributed by atoms with van der Waals surface area (Å²) >= 11 is 9.13. The summed E-state index contributed by atoms with van der Waals surface area (Å²) in [5.74, 6) is 0.436. The molecule has 1 unspecified atom stereocenters. The number of esters is 1. The Labute approximate surface area is 168 Å². The highest BCUT2D eigenvalue weighted by Crippen LogP contribution is 2.34. The Bertz CT molecular complexity index is 875. The fourth-order valence-corrected chi connectivity index (χ4v) is 3.03. The van der Waals surface area contributed by atoms with E-state index >= 15 is 0 Å². The van der Waals surface area contributed by atoms with Gasteiger partial charge in [0.1, 0.15) is 5.75 Å². The minimum atomic E-state index is -1.000. The molecule has 1 atom stereocenters. The van der Waals surface area contributed by atoms with Crippen LogP contribution in [0.2, 0.25) is 5.02 Å². The van der Waals surface area contributed by atoms with E-state index in [2.05, 4.69) is 21.2 Å². The fraction of sp³-hybridized carbons (Fsp3) is 0.222. The maximum Gasteiger partial charge on any atom is 0.344 e. The van der Waals surface area contributed by atoms with E-state index in [0.29, 0.717) is 32.4 Å². The SMILES string of the molecule is CC(OC(=O)COc1ccc(Cl)cc1Br)C(=O)Nc1ccc2c(c1)OCO2. The minimum absolute atomic E-state index is 0.143. The van der Waals surface area contributed by atoms with Crippen LogP contribution in [0.15, 0.2) is 40.9 Å². The van der Waals surface area contributed by atoms with Crippen molar-refractivity contribution in [2.75, 3.05) is 18.7 Å². The van der Waals surface area contributed by atoms with Gasteiger partial charge >= 0.3 is 5.97 Å². The van der Waals surface area contributed by atoms with Crippen LogP contribution in [0.25, 0.3) is 0 Å². The molecule has 1 amide bonds. The van der Waals surface area contributed by atoms with E-state index < -0.39 is 18.0 Å². The molecular weight excluding hydrogens is 442 g/mol. The third-order valence-electron chi connectivity index (χ3n) is 3.56. The largest absolute Gasteiger partial charge is 0.481 e. The molecule has 0 saturated carbocycles. The summed E-state index contributed by atoms with van der Waals surface area (Å²) in [6.45, 7) is 1.27. The Hall–Kier alpha value is -2.45. The van der Waals surface area contributed by atoms with Gasteiger partial charge in [-0.3, -0.25) is 4.79 Å². The number of ether oxygens (including phenoxy) is 4. The van der Waals surface area contributed by atoms with E-state index in [4.69, 9.17) is 30.5 Å². The van der Waals surface area contributed by atoms with Crippen LogP contribution in [-0.2, 0) is 14.3 Å². The molecule has 142 valence electrons. The highest BCUT2D eigenvalue weighted by Gasteiger charge is 2.20. The van der Waals surface area contributed by atoms with Crippen molar-refractivity contribution in [1.29, 1.82) is 0 Å². The molecule has 0 saturated heterocycles. The van der Waals surface area contributed by atoms with Crippen LogP contribution in [0, 0.1) is 0 Å².